The molecular weight excluding hydrogens is 823 g/mol. The molecule has 0 aromatic carbocycles. The van der Waals surface area contributed by atoms with Crippen LogP contribution in [-0.4, -0.2) is 69.6 Å². The molecule has 0 unspecified atom stereocenters. The summed E-state index contributed by atoms with van der Waals surface area (Å²) in [6.45, 7) is 3.15. The number of carbonyl (C=O) groups excluding carboxylic acids is 1. The quantitative estimate of drug-likeness (QED) is 0.113. The molecule has 2 atom stereocenters. The number of carboxylic acid groups (broad SMARTS) is 1. The number of Topliss-reactive ketones (excluding diaryl/α,β-unsaturated/α-hetero) is 1. The fraction of sp³-hybridized carbons (Fsp3) is 0.467. The first-order chi connectivity index (χ1) is 30.1. The lowest BCUT2D eigenvalue weighted by molar-refractivity contribution is -0.139. The monoisotopic (exact) mass is 871 g/mol. The smallest absolute Gasteiger partial charge is 0.341 e. The summed E-state index contributed by atoms with van der Waals surface area (Å²) in [5, 5.41) is 18.1. The molecule has 0 radical (unpaired) electrons. The average molecular weight is 872 g/mol. The van der Waals surface area contributed by atoms with Gasteiger partial charge >= 0.3 is 5.97 Å². The average Bonchev–Trinajstić information content (AvgIpc) is 4.16. The number of ether oxygens (including phenoxy) is 2. The van der Waals surface area contributed by atoms with Crippen molar-refractivity contribution in [3.63, 3.8) is 0 Å². The van der Waals surface area contributed by atoms with Gasteiger partial charge in [0, 0.05) is 84.4 Å². The minimum absolute atomic E-state index is 0.0330. The van der Waals surface area contributed by atoms with Crippen LogP contribution in [0.3, 0.4) is 0 Å². The number of halogens is 4. The molecule has 0 bridgehead atoms. The van der Waals surface area contributed by atoms with Crippen molar-refractivity contribution in [1.29, 1.82) is 0 Å². The van der Waals surface area contributed by atoms with Crippen LogP contribution in [0.1, 0.15) is 138 Å². The SMILES string of the molecule is Cc1ccc2c(n1)CC[C@@H]2CC(=O)COc1cc(C(F)F)c2c(C3CC3)nn(C)c2n1.Cc1ccc2c(n1)CC[C@@H]2N.Cn1nc(C2CC2)c2c(C(F)F)cc(OCC(=O)O)nc21. The Morgan fingerprint density at radius 2 is 1.19 bits per heavy atom. The zero-order valence-corrected chi connectivity index (χ0v) is 35.5. The second-order valence-corrected chi connectivity index (χ2v) is 16.7. The number of ketones is 1. The Kier molecular flexibility index (Phi) is 12.4. The number of aliphatic carboxylic acids is 1. The number of nitrogens with two attached hydrogens (primary N) is 1. The molecule has 6 aromatic heterocycles. The van der Waals surface area contributed by atoms with Crippen LogP contribution in [0.25, 0.3) is 22.1 Å². The molecule has 4 aliphatic rings. The number of aryl methyl sites for hydroxylation is 6. The Labute approximate surface area is 360 Å². The van der Waals surface area contributed by atoms with Crippen LogP contribution in [-0.2, 0) is 36.5 Å². The van der Waals surface area contributed by atoms with Gasteiger partial charge in [0.25, 0.3) is 12.9 Å². The number of nitrogens with zero attached hydrogens (tertiary/aromatic N) is 8. The van der Waals surface area contributed by atoms with E-state index in [1.807, 2.05) is 32.0 Å². The molecule has 2 fully saturated rings. The highest BCUT2D eigenvalue weighted by Gasteiger charge is 2.34. The van der Waals surface area contributed by atoms with Crippen molar-refractivity contribution < 1.29 is 41.7 Å². The maximum absolute atomic E-state index is 13.8. The van der Waals surface area contributed by atoms with Gasteiger partial charge in [-0.25, -0.2) is 22.4 Å². The maximum Gasteiger partial charge on any atom is 0.341 e. The predicted molar refractivity (Wildman–Crippen MR) is 223 cm³/mol. The van der Waals surface area contributed by atoms with E-state index in [4.69, 9.17) is 20.3 Å². The molecule has 0 saturated heterocycles. The Balaban J connectivity index is 0.000000146. The molecule has 4 aliphatic carbocycles. The molecule has 63 heavy (non-hydrogen) atoms. The van der Waals surface area contributed by atoms with Crippen LogP contribution in [0.5, 0.6) is 11.8 Å². The third kappa shape index (κ3) is 9.65. The molecule has 6 aromatic rings. The first kappa shape index (κ1) is 43.6. The second kappa shape index (κ2) is 18.0. The third-order valence-corrected chi connectivity index (χ3v) is 11.8. The highest BCUT2D eigenvalue weighted by atomic mass is 19.3. The highest BCUT2D eigenvalue weighted by Crippen LogP contribution is 2.46. The summed E-state index contributed by atoms with van der Waals surface area (Å²) < 4.78 is 67.7. The van der Waals surface area contributed by atoms with E-state index in [2.05, 4.69) is 36.2 Å². The number of fused-ring (bicyclic) bond motifs is 4. The molecular formula is C45H49F4N9O5. The summed E-state index contributed by atoms with van der Waals surface area (Å²) in [5.74, 6) is -0.815. The van der Waals surface area contributed by atoms with Gasteiger partial charge in [-0.1, -0.05) is 12.1 Å². The molecule has 2 saturated carbocycles. The van der Waals surface area contributed by atoms with Gasteiger partial charge < -0.3 is 20.3 Å². The van der Waals surface area contributed by atoms with Gasteiger partial charge in [-0.3, -0.25) is 24.1 Å². The van der Waals surface area contributed by atoms with E-state index in [-0.39, 0.29) is 64.7 Å². The Hall–Kier alpha value is -6.04. The Morgan fingerprint density at radius 3 is 1.68 bits per heavy atom. The van der Waals surface area contributed by atoms with Gasteiger partial charge in [0.15, 0.2) is 23.7 Å². The number of rotatable bonds is 12. The lowest BCUT2D eigenvalue weighted by Gasteiger charge is -2.12. The minimum Gasteiger partial charge on any atom is -0.479 e. The van der Waals surface area contributed by atoms with Crippen LogP contribution in [0, 0.1) is 13.8 Å². The van der Waals surface area contributed by atoms with Gasteiger partial charge in [-0.2, -0.15) is 20.2 Å². The van der Waals surface area contributed by atoms with Crippen molar-refractivity contribution in [2.75, 3.05) is 13.2 Å². The lowest BCUT2D eigenvalue weighted by Crippen LogP contribution is -2.15. The van der Waals surface area contributed by atoms with E-state index in [9.17, 15) is 27.2 Å². The lowest BCUT2D eigenvalue weighted by atomic mass is 9.96. The number of pyridine rings is 4. The van der Waals surface area contributed by atoms with Crippen LogP contribution in [0.2, 0.25) is 0 Å². The summed E-state index contributed by atoms with van der Waals surface area (Å²) in [5.41, 5.74) is 14.2. The summed E-state index contributed by atoms with van der Waals surface area (Å²) in [6, 6.07) is 10.7. The number of alkyl halides is 4. The summed E-state index contributed by atoms with van der Waals surface area (Å²) >= 11 is 0. The fourth-order valence-corrected chi connectivity index (χ4v) is 8.44. The molecule has 332 valence electrons. The van der Waals surface area contributed by atoms with Crippen LogP contribution < -0.4 is 15.2 Å². The molecule has 6 heterocycles. The number of hydrogen-bond donors (Lipinski definition) is 2. The molecule has 0 amide bonds. The second-order valence-electron chi connectivity index (χ2n) is 16.7. The first-order valence-electron chi connectivity index (χ1n) is 21.1. The molecule has 14 nitrogen and oxygen atoms in total. The van der Waals surface area contributed by atoms with Crippen molar-refractivity contribution >= 4 is 33.8 Å². The normalized spacial score (nSPS) is 17.6. The molecule has 18 heteroatoms. The number of carboxylic acids is 1. The fourth-order valence-electron chi connectivity index (χ4n) is 8.44. The number of hydrogen-bond acceptors (Lipinski definition) is 11. The standard InChI is InChI=1S/C23H24F2N4O2.C13H13F2N3O3.C9H12N2/c1-12-3-7-16-14(6-8-18(16)26-12)9-15(30)11-31-19-10-17(22(24)25)20-21(13-4-5-13)28-29(2)23(20)27-19;1-18-13-10(11(17-18)6-2-3-6)7(12(14)15)4-8(16-13)21-5-9(19)20;1-6-2-3-7-8(10)4-5-9(7)11-6/h3,7,10,13-14,22H,4-6,8-9,11H2,1-2H3;4,6,12H,2-3,5H2,1H3,(H,19,20);2-3,8H,4-5,10H2,1H3/t14-;;8-/m1.0/s1. The highest BCUT2D eigenvalue weighted by molar-refractivity contribution is 5.85. The van der Waals surface area contributed by atoms with E-state index < -0.39 is 25.4 Å². The van der Waals surface area contributed by atoms with Gasteiger partial charge in [0.05, 0.1) is 22.2 Å². The van der Waals surface area contributed by atoms with Gasteiger partial charge in [0.2, 0.25) is 11.8 Å². The van der Waals surface area contributed by atoms with Crippen molar-refractivity contribution in [2.45, 2.75) is 108 Å². The zero-order valence-electron chi connectivity index (χ0n) is 35.5. The zero-order chi connectivity index (χ0) is 44.7. The first-order valence-corrected chi connectivity index (χ1v) is 21.1. The van der Waals surface area contributed by atoms with E-state index >= 15 is 0 Å². The third-order valence-electron chi connectivity index (χ3n) is 11.8. The van der Waals surface area contributed by atoms with Gasteiger partial charge in [-0.15, -0.1) is 0 Å². The van der Waals surface area contributed by atoms with Crippen LogP contribution in [0.4, 0.5) is 17.6 Å². The molecule has 0 aliphatic heterocycles. The number of aromatic nitrogens is 8. The Morgan fingerprint density at radius 1 is 0.714 bits per heavy atom. The van der Waals surface area contributed by atoms with Crippen molar-refractivity contribution in [3.05, 3.63) is 92.8 Å². The maximum atomic E-state index is 13.8. The summed E-state index contributed by atoms with van der Waals surface area (Å²) in [7, 11) is 3.32. The van der Waals surface area contributed by atoms with E-state index in [0.717, 1.165) is 80.1 Å². The largest absolute Gasteiger partial charge is 0.479 e. The van der Waals surface area contributed by atoms with E-state index in [1.165, 1.54) is 26.7 Å². The summed E-state index contributed by atoms with van der Waals surface area (Å²) in [4.78, 5) is 40.5. The molecule has 0 spiro atoms. The molecule has 10 rings (SSSR count). The van der Waals surface area contributed by atoms with E-state index in [0.29, 0.717) is 34.2 Å². The number of carbonyl (C=O) groups is 2. The van der Waals surface area contributed by atoms with Crippen molar-refractivity contribution in [3.8, 4) is 11.8 Å². The van der Waals surface area contributed by atoms with Crippen LogP contribution >= 0.6 is 0 Å². The van der Waals surface area contributed by atoms with Crippen molar-refractivity contribution in [1.82, 2.24) is 39.5 Å². The Bertz CT molecular complexity index is 2700. The van der Waals surface area contributed by atoms with Crippen molar-refractivity contribution in [2.24, 2.45) is 19.8 Å². The van der Waals surface area contributed by atoms with Crippen LogP contribution in [0.15, 0.2) is 36.4 Å². The van der Waals surface area contributed by atoms with Gasteiger partial charge in [0.1, 0.15) is 6.61 Å². The summed E-state index contributed by atoms with van der Waals surface area (Å²) in [6.07, 6.45) is 2.63. The predicted octanol–water partition coefficient (Wildman–Crippen LogP) is 8.14. The van der Waals surface area contributed by atoms with E-state index in [1.54, 1.807) is 14.1 Å². The van der Waals surface area contributed by atoms with Gasteiger partial charge in [-0.05, 0) is 94.4 Å². The minimum atomic E-state index is -2.70. The topological polar surface area (TPSA) is 186 Å². The molecule has 3 N–H and O–H groups in total.